The first-order valence-corrected chi connectivity index (χ1v) is 11.0. The lowest BCUT2D eigenvalue weighted by Crippen LogP contribution is -2.42. The maximum atomic E-state index is 2.44. The Bertz CT molecular complexity index is 313. The van der Waals surface area contributed by atoms with Gasteiger partial charge in [0.25, 0.3) is 0 Å². The minimum atomic E-state index is 0.314. The van der Waals surface area contributed by atoms with Gasteiger partial charge in [-0.25, -0.2) is 0 Å². The summed E-state index contributed by atoms with van der Waals surface area (Å²) in [6.45, 7) is 34.7. The largest absolute Gasteiger partial charge is 0.302 e. The molecule has 3 nitrogen and oxygen atoms in total. The van der Waals surface area contributed by atoms with Gasteiger partial charge in [0, 0.05) is 22.7 Å². The first kappa shape index (κ1) is 31.6. The van der Waals surface area contributed by atoms with E-state index in [2.05, 4.69) is 126 Å². The second-order valence-electron chi connectivity index (χ2n) is 10.8. The highest BCUT2D eigenvalue weighted by Crippen LogP contribution is 2.13. The Labute approximate surface area is 174 Å². The van der Waals surface area contributed by atoms with Gasteiger partial charge in [-0.1, -0.05) is 20.8 Å². The normalized spacial score (nSPS) is 12.9. The minimum absolute atomic E-state index is 0.314. The van der Waals surface area contributed by atoms with Gasteiger partial charge in [0.1, 0.15) is 0 Å². The van der Waals surface area contributed by atoms with Crippen molar-refractivity contribution in [1.29, 1.82) is 0 Å². The quantitative estimate of drug-likeness (QED) is 0.542. The lowest BCUT2D eigenvalue weighted by atomic mass is 10.1. The molecule has 0 aromatic carbocycles. The number of nitrogens with zero attached hydrogens (tertiary/aromatic N) is 3. The second-order valence-corrected chi connectivity index (χ2v) is 10.8. The van der Waals surface area contributed by atoms with Crippen LogP contribution in [0, 0.1) is 0 Å². The summed E-state index contributed by atoms with van der Waals surface area (Å²) in [4.78, 5) is 7.16. The molecule has 0 fully saturated rings. The van der Waals surface area contributed by atoms with Crippen LogP contribution in [0.25, 0.3) is 0 Å². The molecule has 27 heavy (non-hydrogen) atoms. The summed E-state index contributed by atoms with van der Waals surface area (Å²) in [6.07, 6.45) is 1.24. The van der Waals surface area contributed by atoms with E-state index in [9.17, 15) is 0 Å². The van der Waals surface area contributed by atoms with Gasteiger partial charge < -0.3 is 4.90 Å². The van der Waals surface area contributed by atoms with E-state index in [1.165, 1.54) is 13.0 Å². The average molecular weight is 388 g/mol. The van der Waals surface area contributed by atoms with E-state index < -0.39 is 0 Å². The Morgan fingerprint density at radius 3 is 1.04 bits per heavy atom. The first-order chi connectivity index (χ1) is 11.9. The predicted molar refractivity (Wildman–Crippen MR) is 128 cm³/mol. The van der Waals surface area contributed by atoms with Crippen LogP contribution >= 0.6 is 0 Å². The summed E-state index contributed by atoms with van der Waals surface area (Å²) in [5.74, 6) is 0. The molecule has 0 bridgehead atoms. The van der Waals surface area contributed by atoms with Gasteiger partial charge in [0.15, 0.2) is 0 Å². The van der Waals surface area contributed by atoms with Gasteiger partial charge in [0.05, 0.1) is 0 Å². The zero-order valence-corrected chi connectivity index (χ0v) is 22.2. The standard InChI is InChI=1S/3C8H19N/c1-7(2)9(6)8(3,4)5;1-6-7-9(5)8(2,3)4;1-6-9(7-2)8(3,4)5/h7H,1-6H3;2*6-7H2,1-5H3. The fourth-order valence-corrected chi connectivity index (χ4v) is 2.62. The van der Waals surface area contributed by atoms with E-state index in [0.717, 1.165) is 13.1 Å². The van der Waals surface area contributed by atoms with E-state index in [1.54, 1.807) is 0 Å². The Balaban J connectivity index is -0.000000320. The molecule has 0 radical (unpaired) electrons. The third-order valence-corrected chi connectivity index (χ3v) is 5.25. The maximum Gasteiger partial charge on any atom is 0.0124 e. The van der Waals surface area contributed by atoms with Gasteiger partial charge in [-0.05, 0) is 116 Å². The Morgan fingerprint density at radius 2 is 1.00 bits per heavy atom. The fraction of sp³-hybridized carbons (Fsp3) is 1.00. The van der Waals surface area contributed by atoms with Crippen molar-refractivity contribution in [2.24, 2.45) is 0 Å². The van der Waals surface area contributed by atoms with Gasteiger partial charge >= 0.3 is 0 Å². The van der Waals surface area contributed by atoms with Crippen LogP contribution in [-0.2, 0) is 0 Å². The molecule has 0 amide bonds. The van der Waals surface area contributed by atoms with E-state index >= 15 is 0 Å². The molecule has 0 spiro atoms. The average Bonchev–Trinajstić information content (AvgIpc) is 2.45. The van der Waals surface area contributed by atoms with Crippen LogP contribution < -0.4 is 0 Å². The smallest absolute Gasteiger partial charge is 0.0124 e. The molecule has 0 atom stereocenters. The van der Waals surface area contributed by atoms with Crippen molar-refractivity contribution in [2.75, 3.05) is 33.7 Å². The van der Waals surface area contributed by atoms with Crippen LogP contribution in [0.2, 0.25) is 0 Å². The first-order valence-electron chi connectivity index (χ1n) is 11.0. The fourth-order valence-electron chi connectivity index (χ4n) is 2.62. The van der Waals surface area contributed by atoms with Crippen molar-refractivity contribution < 1.29 is 0 Å². The van der Waals surface area contributed by atoms with E-state index in [0.29, 0.717) is 22.7 Å². The summed E-state index contributed by atoms with van der Waals surface area (Å²) in [5, 5.41) is 0. The SMILES string of the molecule is CC(C)N(C)C(C)(C)C.CCCN(C)C(C)(C)C.CCN(CC)C(C)(C)C. The van der Waals surface area contributed by atoms with Gasteiger partial charge in [-0.15, -0.1) is 0 Å². The van der Waals surface area contributed by atoms with Crippen molar-refractivity contribution in [1.82, 2.24) is 14.7 Å². The van der Waals surface area contributed by atoms with Crippen molar-refractivity contribution >= 4 is 0 Å². The number of rotatable bonds is 5. The van der Waals surface area contributed by atoms with E-state index in [4.69, 9.17) is 0 Å². The molecule has 0 saturated heterocycles. The highest BCUT2D eigenvalue weighted by Gasteiger charge is 2.18. The predicted octanol–water partition coefficient (Wildman–Crippen LogP) is 6.38. The van der Waals surface area contributed by atoms with Crippen LogP contribution in [0.15, 0.2) is 0 Å². The second kappa shape index (κ2) is 14.0. The number of hydrogen-bond acceptors (Lipinski definition) is 3. The zero-order valence-electron chi connectivity index (χ0n) is 22.2. The third-order valence-electron chi connectivity index (χ3n) is 5.25. The molecule has 0 aromatic heterocycles. The molecule has 0 N–H and O–H groups in total. The summed E-state index contributed by atoms with van der Waals surface area (Å²) >= 11 is 0. The molecule has 0 aliphatic carbocycles. The molecule has 0 rings (SSSR count). The monoisotopic (exact) mass is 387 g/mol. The molecular weight excluding hydrogens is 330 g/mol. The van der Waals surface area contributed by atoms with Crippen LogP contribution in [-0.4, -0.2) is 71.1 Å². The topological polar surface area (TPSA) is 9.72 Å². The van der Waals surface area contributed by atoms with Gasteiger partial charge in [-0.2, -0.15) is 0 Å². The molecule has 0 aromatic rings. The van der Waals surface area contributed by atoms with Crippen LogP contribution in [0.1, 0.15) is 103 Å². The van der Waals surface area contributed by atoms with E-state index in [-0.39, 0.29) is 0 Å². The molecule has 0 heterocycles. The highest BCUT2D eigenvalue weighted by molar-refractivity contribution is 4.75. The highest BCUT2D eigenvalue weighted by atomic mass is 15.2. The molecular formula is C24H57N3. The van der Waals surface area contributed by atoms with Gasteiger partial charge in [-0.3, -0.25) is 9.80 Å². The molecule has 3 heteroatoms. The Morgan fingerprint density at radius 1 is 0.630 bits per heavy atom. The van der Waals surface area contributed by atoms with E-state index in [1.807, 2.05) is 0 Å². The minimum Gasteiger partial charge on any atom is -0.302 e. The van der Waals surface area contributed by atoms with Crippen molar-refractivity contribution in [3.63, 3.8) is 0 Å². The molecule has 0 aliphatic heterocycles. The Kier molecular flexibility index (Phi) is 16.3. The van der Waals surface area contributed by atoms with Crippen molar-refractivity contribution in [2.45, 2.75) is 126 Å². The molecule has 0 saturated carbocycles. The molecule has 168 valence electrons. The Hall–Kier alpha value is -0.120. The molecule has 0 aliphatic rings. The van der Waals surface area contributed by atoms with Crippen LogP contribution in [0.3, 0.4) is 0 Å². The van der Waals surface area contributed by atoms with Crippen LogP contribution in [0.5, 0.6) is 0 Å². The van der Waals surface area contributed by atoms with Crippen LogP contribution in [0.4, 0.5) is 0 Å². The summed E-state index contributed by atoms with van der Waals surface area (Å²) in [6, 6.07) is 0.644. The van der Waals surface area contributed by atoms with Crippen molar-refractivity contribution in [3.05, 3.63) is 0 Å². The lowest BCUT2D eigenvalue weighted by Gasteiger charge is -2.35. The number of hydrogen-bond donors (Lipinski definition) is 0. The summed E-state index contributed by atoms with van der Waals surface area (Å²) in [5.41, 5.74) is 1.01. The van der Waals surface area contributed by atoms with Gasteiger partial charge in [0.2, 0.25) is 0 Å². The molecule has 0 unspecified atom stereocenters. The summed E-state index contributed by atoms with van der Waals surface area (Å²) < 4.78 is 0. The summed E-state index contributed by atoms with van der Waals surface area (Å²) in [7, 11) is 4.33. The third kappa shape index (κ3) is 17.7. The van der Waals surface area contributed by atoms with Crippen molar-refractivity contribution in [3.8, 4) is 0 Å². The zero-order chi connectivity index (χ0) is 22.6. The maximum absolute atomic E-state index is 2.44. The lowest BCUT2D eigenvalue weighted by molar-refractivity contribution is 0.136.